The van der Waals surface area contributed by atoms with Crippen LogP contribution < -0.4 is 15.5 Å². The van der Waals surface area contributed by atoms with Crippen molar-refractivity contribution in [2.24, 2.45) is 0 Å². The third-order valence-corrected chi connectivity index (χ3v) is 4.12. The number of methoxy groups -OCH3 is 1. The van der Waals surface area contributed by atoms with Gasteiger partial charge in [0.05, 0.1) is 24.0 Å². The molecule has 126 valence electrons. The minimum Gasteiger partial charge on any atom is -0.497 e. The maximum atomic E-state index is 12.7. The van der Waals surface area contributed by atoms with Gasteiger partial charge in [0, 0.05) is 19.2 Å². The number of nitrogens with one attached hydrogen (secondary N) is 1. The fraction of sp³-hybridized carbons (Fsp3) is 0.316. The molecular formula is C19H21NO4. The molecular weight excluding hydrogens is 306 g/mol. The maximum absolute atomic E-state index is 12.7. The van der Waals surface area contributed by atoms with Gasteiger partial charge in [0.2, 0.25) is 5.43 Å². The van der Waals surface area contributed by atoms with Gasteiger partial charge in [-0.05, 0) is 36.2 Å². The average molecular weight is 327 g/mol. The molecule has 1 atom stereocenters. The predicted molar refractivity (Wildman–Crippen MR) is 94.5 cm³/mol. The summed E-state index contributed by atoms with van der Waals surface area (Å²) in [5, 5.41) is 13.9. The van der Waals surface area contributed by atoms with Gasteiger partial charge in [0.1, 0.15) is 16.9 Å². The molecule has 5 nitrogen and oxygen atoms in total. The van der Waals surface area contributed by atoms with Crippen LogP contribution in [0.15, 0.2) is 45.6 Å². The van der Waals surface area contributed by atoms with Crippen molar-refractivity contribution in [1.29, 1.82) is 0 Å². The highest BCUT2D eigenvalue weighted by Crippen LogP contribution is 2.23. The van der Waals surface area contributed by atoms with Crippen molar-refractivity contribution in [1.82, 2.24) is 5.32 Å². The van der Waals surface area contributed by atoms with E-state index in [-0.39, 0.29) is 11.5 Å². The van der Waals surface area contributed by atoms with E-state index in [4.69, 9.17) is 9.15 Å². The van der Waals surface area contributed by atoms with Gasteiger partial charge in [-0.1, -0.05) is 13.0 Å². The summed E-state index contributed by atoms with van der Waals surface area (Å²) < 4.78 is 11.0. The summed E-state index contributed by atoms with van der Waals surface area (Å²) in [6, 6.07) is 10.8. The number of benzene rings is 2. The highest BCUT2D eigenvalue weighted by Gasteiger charge is 2.09. The van der Waals surface area contributed by atoms with Crippen molar-refractivity contribution >= 4 is 21.9 Å². The summed E-state index contributed by atoms with van der Waals surface area (Å²) in [6.07, 6.45) is 0.360. The first kappa shape index (κ1) is 16.5. The molecule has 3 rings (SSSR count). The molecule has 0 spiro atoms. The standard InChI is InChI=1S/C19H21NO4/c1-3-13(21)11-20-10-12-4-7-17-16(8-12)19(22)15-6-5-14(23-2)9-18(15)24-17/h4-9,13,20-21H,3,10-11H2,1-2H3/t13-/m0/s1. The van der Waals surface area contributed by atoms with E-state index in [9.17, 15) is 9.90 Å². The zero-order valence-corrected chi connectivity index (χ0v) is 13.8. The number of hydrogen-bond acceptors (Lipinski definition) is 5. The van der Waals surface area contributed by atoms with Crippen LogP contribution in [0.3, 0.4) is 0 Å². The number of aliphatic hydroxyl groups is 1. The summed E-state index contributed by atoms with van der Waals surface area (Å²) in [5.41, 5.74) is 2.00. The smallest absolute Gasteiger partial charge is 0.200 e. The lowest BCUT2D eigenvalue weighted by molar-refractivity contribution is 0.167. The first-order valence-electron chi connectivity index (χ1n) is 8.04. The molecule has 24 heavy (non-hydrogen) atoms. The van der Waals surface area contributed by atoms with E-state index in [1.54, 1.807) is 25.3 Å². The van der Waals surface area contributed by atoms with Gasteiger partial charge in [0.25, 0.3) is 0 Å². The molecule has 0 unspecified atom stereocenters. The van der Waals surface area contributed by atoms with Crippen molar-refractivity contribution in [2.45, 2.75) is 26.0 Å². The van der Waals surface area contributed by atoms with Gasteiger partial charge in [-0.15, -0.1) is 0 Å². The van der Waals surface area contributed by atoms with Gasteiger partial charge in [-0.25, -0.2) is 0 Å². The lowest BCUT2D eigenvalue weighted by atomic mass is 10.1. The van der Waals surface area contributed by atoms with Crippen molar-refractivity contribution in [2.75, 3.05) is 13.7 Å². The normalized spacial score (nSPS) is 12.6. The maximum Gasteiger partial charge on any atom is 0.200 e. The second-order valence-electron chi connectivity index (χ2n) is 5.82. The predicted octanol–water partition coefficient (Wildman–Crippen LogP) is 2.82. The van der Waals surface area contributed by atoms with E-state index < -0.39 is 0 Å². The van der Waals surface area contributed by atoms with Gasteiger partial charge in [-0.2, -0.15) is 0 Å². The second-order valence-corrected chi connectivity index (χ2v) is 5.82. The van der Waals surface area contributed by atoms with Crippen molar-refractivity contribution in [3.8, 4) is 5.75 Å². The molecule has 5 heteroatoms. The quantitative estimate of drug-likeness (QED) is 0.681. The van der Waals surface area contributed by atoms with Gasteiger partial charge >= 0.3 is 0 Å². The summed E-state index contributed by atoms with van der Waals surface area (Å²) in [4.78, 5) is 12.7. The molecule has 0 saturated carbocycles. The van der Waals surface area contributed by atoms with E-state index in [0.29, 0.717) is 47.2 Å². The first-order valence-corrected chi connectivity index (χ1v) is 8.04. The Morgan fingerprint density at radius 1 is 1.17 bits per heavy atom. The minimum atomic E-state index is -0.352. The molecule has 0 fully saturated rings. The molecule has 0 bridgehead atoms. The topological polar surface area (TPSA) is 71.7 Å². The zero-order valence-electron chi connectivity index (χ0n) is 13.8. The highest BCUT2D eigenvalue weighted by molar-refractivity contribution is 5.90. The van der Waals surface area contributed by atoms with Gasteiger partial charge < -0.3 is 19.6 Å². The molecule has 0 radical (unpaired) electrons. The van der Waals surface area contributed by atoms with Crippen LogP contribution in [0.1, 0.15) is 18.9 Å². The van der Waals surface area contributed by atoms with Gasteiger partial charge in [-0.3, -0.25) is 4.79 Å². The van der Waals surface area contributed by atoms with E-state index in [2.05, 4.69) is 5.32 Å². The number of aliphatic hydroxyl groups excluding tert-OH is 1. The van der Waals surface area contributed by atoms with Crippen molar-refractivity contribution in [3.63, 3.8) is 0 Å². The average Bonchev–Trinajstić information content (AvgIpc) is 2.61. The molecule has 1 heterocycles. The van der Waals surface area contributed by atoms with Crippen LogP contribution in [0.2, 0.25) is 0 Å². The second kappa shape index (κ2) is 7.03. The fourth-order valence-corrected chi connectivity index (χ4v) is 2.65. The Kier molecular flexibility index (Phi) is 4.83. The van der Waals surface area contributed by atoms with Crippen molar-refractivity contribution in [3.05, 3.63) is 52.2 Å². The Balaban J connectivity index is 1.96. The van der Waals surface area contributed by atoms with Crippen LogP contribution >= 0.6 is 0 Å². The fourth-order valence-electron chi connectivity index (χ4n) is 2.65. The van der Waals surface area contributed by atoms with E-state index in [0.717, 1.165) is 5.56 Å². The molecule has 0 amide bonds. The zero-order chi connectivity index (χ0) is 17.1. The summed E-state index contributed by atoms with van der Waals surface area (Å²) in [6.45, 7) is 3.06. The minimum absolute atomic E-state index is 0.0515. The van der Waals surface area contributed by atoms with Crippen molar-refractivity contribution < 1.29 is 14.3 Å². The van der Waals surface area contributed by atoms with Crippen LogP contribution in [-0.2, 0) is 6.54 Å². The molecule has 0 aliphatic rings. The summed E-state index contributed by atoms with van der Waals surface area (Å²) in [5.74, 6) is 0.653. The lowest BCUT2D eigenvalue weighted by Gasteiger charge is -2.10. The molecule has 0 saturated heterocycles. The SMILES string of the molecule is CC[C@H](O)CNCc1ccc2oc3cc(OC)ccc3c(=O)c2c1. The molecule has 2 N–H and O–H groups in total. The van der Waals surface area contributed by atoms with E-state index in [1.165, 1.54) is 0 Å². The highest BCUT2D eigenvalue weighted by atomic mass is 16.5. The van der Waals surface area contributed by atoms with Crippen LogP contribution in [-0.4, -0.2) is 24.9 Å². The summed E-state index contributed by atoms with van der Waals surface area (Å²) >= 11 is 0. The van der Waals surface area contributed by atoms with E-state index in [1.807, 2.05) is 25.1 Å². The number of fused-ring (bicyclic) bond motifs is 2. The van der Waals surface area contributed by atoms with Crippen LogP contribution in [0.5, 0.6) is 5.75 Å². The molecule has 0 aliphatic carbocycles. The third-order valence-electron chi connectivity index (χ3n) is 4.12. The summed E-state index contributed by atoms with van der Waals surface area (Å²) in [7, 11) is 1.58. The van der Waals surface area contributed by atoms with Crippen LogP contribution in [0, 0.1) is 0 Å². The third kappa shape index (κ3) is 3.27. The molecule has 3 aromatic rings. The number of ether oxygens (including phenoxy) is 1. The number of hydrogen-bond donors (Lipinski definition) is 2. The largest absolute Gasteiger partial charge is 0.497 e. The molecule has 0 aliphatic heterocycles. The first-order chi connectivity index (χ1) is 11.6. The number of rotatable bonds is 6. The van der Waals surface area contributed by atoms with E-state index >= 15 is 0 Å². The molecule has 1 aromatic heterocycles. The Labute approximate surface area is 139 Å². The lowest BCUT2D eigenvalue weighted by Crippen LogP contribution is -2.25. The van der Waals surface area contributed by atoms with Crippen LogP contribution in [0.25, 0.3) is 21.9 Å². The Bertz CT molecular complexity index is 916. The Morgan fingerprint density at radius 3 is 2.75 bits per heavy atom. The van der Waals surface area contributed by atoms with Crippen LogP contribution in [0.4, 0.5) is 0 Å². The Morgan fingerprint density at radius 2 is 2.00 bits per heavy atom. The molecule has 2 aromatic carbocycles. The monoisotopic (exact) mass is 327 g/mol. The van der Waals surface area contributed by atoms with Gasteiger partial charge in [0.15, 0.2) is 0 Å². The Hall–Kier alpha value is -2.37.